The van der Waals surface area contributed by atoms with Crippen molar-refractivity contribution in [1.29, 1.82) is 10.5 Å². The molecule has 10 heteroatoms. The molecule has 0 atom stereocenters. The number of thioether (sulfide) groups is 1. The van der Waals surface area contributed by atoms with Gasteiger partial charge in [0.2, 0.25) is 0 Å². The van der Waals surface area contributed by atoms with Crippen LogP contribution in [-0.2, 0) is 5.75 Å². The van der Waals surface area contributed by atoms with Crippen LogP contribution in [0.15, 0.2) is 58.9 Å². The Labute approximate surface area is 253 Å². The Morgan fingerprint density at radius 3 is 2.37 bits per heavy atom. The first kappa shape index (κ1) is 28.9. The van der Waals surface area contributed by atoms with Crippen LogP contribution in [0.5, 0.6) is 5.75 Å². The minimum absolute atomic E-state index is 0.0815. The fourth-order valence-corrected chi connectivity index (χ4v) is 6.66. The van der Waals surface area contributed by atoms with Gasteiger partial charge in [-0.3, -0.25) is 0 Å². The van der Waals surface area contributed by atoms with E-state index in [9.17, 15) is 10.5 Å². The molecule has 0 bridgehead atoms. The quantitative estimate of drug-likeness (QED) is 0.201. The molecule has 0 amide bonds. The van der Waals surface area contributed by atoms with E-state index >= 15 is 0 Å². The Morgan fingerprint density at radius 2 is 1.71 bits per heavy atom. The van der Waals surface area contributed by atoms with Crippen LogP contribution in [0.1, 0.15) is 36.6 Å². The number of ether oxygens (including phenoxy) is 1. The maximum Gasteiger partial charge on any atom is 0.148 e. The van der Waals surface area contributed by atoms with E-state index in [0.717, 1.165) is 47.8 Å². The van der Waals surface area contributed by atoms with Gasteiger partial charge in [-0.1, -0.05) is 54.6 Å². The van der Waals surface area contributed by atoms with Crippen molar-refractivity contribution in [3.8, 4) is 39.6 Å². The Morgan fingerprint density at radius 1 is 1.02 bits per heavy atom. The number of nitrogens with zero attached hydrogens (tertiary/aromatic N) is 5. The SMILES string of the molecule is CC1CCN(c2nc(SCc3csc(-c4ccc(Cl)cc4)n3)c(C#N)c(-c3ccc(OCCO)cc3)c2C#N)CC1. The summed E-state index contributed by atoms with van der Waals surface area (Å²) in [5, 5.41) is 34.0. The van der Waals surface area contributed by atoms with Gasteiger partial charge in [0.1, 0.15) is 45.9 Å². The average Bonchev–Trinajstić information content (AvgIpc) is 3.48. The van der Waals surface area contributed by atoms with Gasteiger partial charge in [-0.05, 0) is 48.6 Å². The van der Waals surface area contributed by atoms with Gasteiger partial charge in [0, 0.05) is 40.4 Å². The van der Waals surface area contributed by atoms with Crippen molar-refractivity contribution < 1.29 is 9.84 Å². The molecule has 5 rings (SSSR count). The van der Waals surface area contributed by atoms with E-state index in [0.29, 0.717) is 50.0 Å². The van der Waals surface area contributed by atoms with E-state index in [2.05, 4.69) is 24.0 Å². The molecule has 0 saturated carbocycles. The van der Waals surface area contributed by atoms with E-state index in [1.165, 1.54) is 11.8 Å². The Hall–Kier alpha value is -3.60. The Kier molecular flexibility index (Phi) is 9.43. The Bertz CT molecular complexity index is 1590. The molecule has 7 nitrogen and oxygen atoms in total. The summed E-state index contributed by atoms with van der Waals surface area (Å²) in [5.74, 6) is 2.38. The van der Waals surface area contributed by atoms with Gasteiger partial charge < -0.3 is 14.7 Å². The molecule has 0 radical (unpaired) electrons. The van der Waals surface area contributed by atoms with Crippen molar-refractivity contribution in [3.63, 3.8) is 0 Å². The molecule has 1 aliphatic rings. The van der Waals surface area contributed by atoms with Crippen LogP contribution in [0.3, 0.4) is 0 Å². The highest BCUT2D eigenvalue weighted by molar-refractivity contribution is 7.98. The first-order chi connectivity index (χ1) is 20.0. The van der Waals surface area contributed by atoms with Crippen LogP contribution < -0.4 is 9.64 Å². The third-order valence-electron chi connectivity index (χ3n) is 6.95. The molecule has 1 saturated heterocycles. The highest BCUT2D eigenvalue weighted by Crippen LogP contribution is 2.40. The van der Waals surface area contributed by atoms with Crippen LogP contribution in [0, 0.1) is 28.6 Å². The van der Waals surface area contributed by atoms with E-state index in [-0.39, 0.29) is 13.2 Å². The van der Waals surface area contributed by atoms with Crippen molar-refractivity contribution in [1.82, 2.24) is 9.97 Å². The van der Waals surface area contributed by atoms with Crippen molar-refractivity contribution in [3.05, 3.63) is 75.8 Å². The normalized spacial score (nSPS) is 13.5. The molecule has 0 spiro atoms. The number of rotatable bonds is 9. The summed E-state index contributed by atoms with van der Waals surface area (Å²) in [7, 11) is 0. The number of thiazole rings is 1. The molecule has 1 N–H and O–H groups in total. The molecule has 1 aliphatic heterocycles. The predicted octanol–water partition coefficient (Wildman–Crippen LogP) is 7.17. The summed E-state index contributed by atoms with van der Waals surface area (Å²) in [6.45, 7) is 3.97. The largest absolute Gasteiger partial charge is 0.491 e. The minimum Gasteiger partial charge on any atom is -0.491 e. The van der Waals surface area contributed by atoms with Crippen LogP contribution in [-0.4, -0.2) is 41.4 Å². The highest BCUT2D eigenvalue weighted by atomic mass is 35.5. The topological polar surface area (TPSA) is 106 Å². The number of halogens is 1. The molecular weight excluding hydrogens is 574 g/mol. The van der Waals surface area contributed by atoms with Gasteiger partial charge in [0.25, 0.3) is 0 Å². The van der Waals surface area contributed by atoms with Gasteiger partial charge in [0.15, 0.2) is 0 Å². The molecule has 0 aliphatic carbocycles. The maximum atomic E-state index is 10.4. The number of aliphatic hydroxyl groups is 1. The second-order valence-corrected chi connectivity index (χ2v) is 12.1. The number of anilines is 1. The summed E-state index contributed by atoms with van der Waals surface area (Å²) >= 11 is 9.06. The molecule has 3 heterocycles. The van der Waals surface area contributed by atoms with Crippen LogP contribution in [0.2, 0.25) is 5.02 Å². The zero-order valence-electron chi connectivity index (χ0n) is 22.5. The summed E-state index contributed by atoms with van der Waals surface area (Å²) < 4.78 is 5.52. The molecule has 41 heavy (non-hydrogen) atoms. The number of aromatic nitrogens is 2. The first-order valence-corrected chi connectivity index (χ1v) is 15.6. The Balaban J connectivity index is 1.52. The predicted molar refractivity (Wildman–Crippen MR) is 164 cm³/mol. The monoisotopic (exact) mass is 601 g/mol. The number of benzene rings is 2. The second-order valence-electron chi connectivity index (χ2n) is 9.79. The van der Waals surface area contributed by atoms with E-state index < -0.39 is 0 Å². The van der Waals surface area contributed by atoms with E-state index in [1.54, 1.807) is 23.5 Å². The molecule has 1 fully saturated rings. The standard InChI is InChI=1S/C31H28ClN5O2S2/c1-20-10-12-37(13-11-20)29-26(16-33)28(21-4-8-25(9-5-21)39-15-14-38)27(17-34)31(36-29)41-19-24-18-40-30(35-24)22-2-6-23(32)7-3-22/h2-9,18,20,38H,10-15,19H2,1H3. The van der Waals surface area contributed by atoms with Crippen molar-refractivity contribution in [2.24, 2.45) is 5.92 Å². The summed E-state index contributed by atoms with van der Waals surface area (Å²) in [6.07, 6.45) is 2.04. The molecular formula is C31H28ClN5O2S2. The zero-order valence-corrected chi connectivity index (χ0v) is 24.9. The number of hydrogen-bond donors (Lipinski definition) is 1. The fourth-order valence-electron chi connectivity index (χ4n) is 4.73. The number of piperidine rings is 1. The maximum absolute atomic E-state index is 10.4. The van der Waals surface area contributed by atoms with Crippen molar-refractivity contribution in [2.45, 2.75) is 30.5 Å². The minimum atomic E-state index is -0.0815. The average molecular weight is 602 g/mol. The van der Waals surface area contributed by atoms with Gasteiger partial charge >= 0.3 is 0 Å². The molecule has 4 aromatic rings. The molecule has 2 aromatic carbocycles. The van der Waals surface area contributed by atoms with Crippen molar-refractivity contribution >= 4 is 40.5 Å². The van der Waals surface area contributed by atoms with E-state index in [1.807, 2.05) is 41.8 Å². The van der Waals surface area contributed by atoms with Gasteiger partial charge in [0.05, 0.1) is 17.9 Å². The van der Waals surface area contributed by atoms with Crippen LogP contribution in [0.4, 0.5) is 5.82 Å². The second kappa shape index (κ2) is 13.4. The lowest BCUT2D eigenvalue weighted by molar-refractivity contribution is 0.201. The summed E-state index contributed by atoms with van der Waals surface area (Å²) in [4.78, 5) is 11.9. The van der Waals surface area contributed by atoms with Gasteiger partial charge in [-0.2, -0.15) is 10.5 Å². The number of pyridine rings is 1. The lowest BCUT2D eigenvalue weighted by Gasteiger charge is -2.32. The highest BCUT2D eigenvalue weighted by Gasteiger charge is 2.27. The number of aliphatic hydroxyl groups excluding tert-OH is 1. The smallest absolute Gasteiger partial charge is 0.148 e. The van der Waals surface area contributed by atoms with Crippen molar-refractivity contribution in [2.75, 3.05) is 31.2 Å². The lowest BCUT2D eigenvalue weighted by atomic mass is 9.95. The number of nitriles is 2. The molecule has 0 unspecified atom stereocenters. The lowest BCUT2D eigenvalue weighted by Crippen LogP contribution is -2.34. The van der Waals surface area contributed by atoms with Gasteiger partial charge in [-0.25, -0.2) is 9.97 Å². The van der Waals surface area contributed by atoms with Crippen LogP contribution in [0.25, 0.3) is 21.7 Å². The van der Waals surface area contributed by atoms with E-state index in [4.69, 9.17) is 31.4 Å². The summed E-state index contributed by atoms with van der Waals surface area (Å²) in [5.41, 5.74) is 3.99. The fraction of sp³-hybridized carbons (Fsp3) is 0.290. The van der Waals surface area contributed by atoms with Gasteiger partial charge in [-0.15, -0.1) is 11.3 Å². The third-order valence-corrected chi connectivity index (χ3v) is 9.16. The first-order valence-electron chi connectivity index (χ1n) is 13.3. The third kappa shape index (κ3) is 6.66. The molecule has 2 aromatic heterocycles. The van der Waals surface area contributed by atoms with Crippen LogP contribution >= 0.6 is 34.7 Å². The number of hydrogen-bond acceptors (Lipinski definition) is 9. The molecule has 208 valence electrons. The zero-order chi connectivity index (χ0) is 28.8. The summed E-state index contributed by atoms with van der Waals surface area (Å²) in [6, 6.07) is 19.6.